The minimum atomic E-state index is 0.0317. The molecule has 1 aromatic heterocycles. The topological polar surface area (TPSA) is 42.6 Å². The van der Waals surface area contributed by atoms with Gasteiger partial charge >= 0.3 is 0 Å². The first-order valence-electron chi connectivity index (χ1n) is 8.85. The van der Waals surface area contributed by atoms with Gasteiger partial charge in [0.2, 0.25) is 0 Å². The van der Waals surface area contributed by atoms with Crippen molar-refractivity contribution in [3.63, 3.8) is 0 Å². The zero-order chi connectivity index (χ0) is 17.1. The fourth-order valence-electron chi connectivity index (χ4n) is 3.23. The highest BCUT2D eigenvalue weighted by Gasteiger charge is 2.15. The van der Waals surface area contributed by atoms with Gasteiger partial charge in [0.05, 0.1) is 13.2 Å². The van der Waals surface area contributed by atoms with Crippen molar-refractivity contribution < 1.29 is 14.3 Å². The van der Waals surface area contributed by atoms with Gasteiger partial charge in [-0.2, -0.15) is 0 Å². The first-order chi connectivity index (χ1) is 11.7. The minimum Gasteiger partial charge on any atom is -0.493 e. The largest absolute Gasteiger partial charge is 0.493 e. The second-order valence-electron chi connectivity index (χ2n) is 6.46. The zero-order valence-corrected chi connectivity index (χ0v) is 14.8. The van der Waals surface area contributed by atoms with E-state index in [0.29, 0.717) is 0 Å². The van der Waals surface area contributed by atoms with E-state index in [1.165, 1.54) is 19.3 Å². The molecule has 0 spiro atoms. The molecule has 3 aromatic rings. The molecule has 3 nitrogen and oxygen atoms in total. The van der Waals surface area contributed by atoms with Gasteiger partial charge < -0.3 is 14.3 Å². The first-order valence-corrected chi connectivity index (χ1v) is 8.85. The molecule has 0 bridgehead atoms. The normalized spacial score (nSPS) is 11.5. The Balaban J connectivity index is 1.93. The van der Waals surface area contributed by atoms with Crippen LogP contribution in [0.25, 0.3) is 21.9 Å². The predicted molar refractivity (Wildman–Crippen MR) is 98.8 cm³/mol. The van der Waals surface area contributed by atoms with Crippen molar-refractivity contribution in [2.24, 2.45) is 0 Å². The summed E-state index contributed by atoms with van der Waals surface area (Å²) in [5, 5.41) is 11.6. The van der Waals surface area contributed by atoms with Crippen LogP contribution < -0.4 is 4.74 Å². The van der Waals surface area contributed by atoms with Crippen molar-refractivity contribution >= 4 is 21.9 Å². The molecule has 0 aliphatic heterocycles. The summed E-state index contributed by atoms with van der Waals surface area (Å²) in [6.07, 6.45) is 4.80. The minimum absolute atomic E-state index is 0.0317. The Labute approximate surface area is 143 Å². The summed E-state index contributed by atoms with van der Waals surface area (Å²) in [4.78, 5) is 0. The van der Waals surface area contributed by atoms with E-state index in [-0.39, 0.29) is 6.61 Å². The van der Waals surface area contributed by atoms with Crippen LogP contribution in [0.2, 0.25) is 0 Å². The number of benzene rings is 2. The van der Waals surface area contributed by atoms with Gasteiger partial charge in [-0.15, -0.1) is 0 Å². The maximum Gasteiger partial charge on any atom is 0.142 e. The summed E-state index contributed by atoms with van der Waals surface area (Å²) in [7, 11) is 0. The van der Waals surface area contributed by atoms with Crippen LogP contribution in [0.15, 0.2) is 28.7 Å². The van der Waals surface area contributed by atoms with E-state index in [1.54, 1.807) is 0 Å². The van der Waals surface area contributed by atoms with Gasteiger partial charge in [0, 0.05) is 16.3 Å². The number of unbranched alkanes of at least 4 members (excludes halogenated alkanes) is 3. The quantitative estimate of drug-likeness (QED) is 0.570. The van der Waals surface area contributed by atoms with E-state index in [2.05, 4.69) is 13.0 Å². The van der Waals surface area contributed by atoms with Crippen molar-refractivity contribution in [2.75, 3.05) is 6.61 Å². The summed E-state index contributed by atoms with van der Waals surface area (Å²) < 4.78 is 12.1. The number of ether oxygens (including phenoxy) is 1. The third-order valence-electron chi connectivity index (χ3n) is 4.79. The molecule has 3 heteroatoms. The number of hydrogen-bond acceptors (Lipinski definition) is 3. The number of furan rings is 1. The summed E-state index contributed by atoms with van der Waals surface area (Å²) in [5.41, 5.74) is 4.71. The molecule has 0 radical (unpaired) electrons. The zero-order valence-electron chi connectivity index (χ0n) is 14.8. The Morgan fingerprint density at radius 2 is 1.62 bits per heavy atom. The van der Waals surface area contributed by atoms with E-state index in [0.717, 1.165) is 57.4 Å². The molecule has 0 fully saturated rings. The summed E-state index contributed by atoms with van der Waals surface area (Å²) in [6.45, 7) is 7.04. The second-order valence-corrected chi connectivity index (χ2v) is 6.46. The third-order valence-corrected chi connectivity index (χ3v) is 4.79. The van der Waals surface area contributed by atoms with Crippen LogP contribution in [-0.4, -0.2) is 11.7 Å². The molecular weight excluding hydrogens is 300 g/mol. The number of aliphatic hydroxyl groups excluding tert-OH is 1. The molecular formula is C21H26O3. The monoisotopic (exact) mass is 326 g/mol. The lowest BCUT2D eigenvalue weighted by atomic mass is 10.0. The van der Waals surface area contributed by atoms with Crippen LogP contribution in [0.4, 0.5) is 0 Å². The van der Waals surface area contributed by atoms with Crippen LogP contribution in [0, 0.1) is 13.8 Å². The smallest absolute Gasteiger partial charge is 0.142 e. The number of hydrogen-bond donors (Lipinski definition) is 1. The molecule has 0 amide bonds. The van der Waals surface area contributed by atoms with E-state index in [1.807, 2.05) is 32.0 Å². The Morgan fingerprint density at radius 3 is 2.33 bits per heavy atom. The highest BCUT2D eigenvalue weighted by molar-refractivity contribution is 6.07. The Kier molecular flexibility index (Phi) is 5.10. The predicted octanol–water partition coefficient (Wildman–Crippen LogP) is 5.65. The van der Waals surface area contributed by atoms with E-state index in [4.69, 9.17) is 9.15 Å². The standard InChI is InChI=1S/C21H26O3/c1-4-5-6-7-12-23-19-11-10-18-17-9-8-16(13-22)14(2)20(17)24-21(18)15(19)3/h8-11,22H,4-7,12-13H2,1-3H3. The SMILES string of the molecule is CCCCCCOc1ccc2c(oc3c(C)c(CO)ccc32)c1C. The maximum atomic E-state index is 9.45. The van der Waals surface area contributed by atoms with Gasteiger partial charge in [-0.05, 0) is 43.5 Å². The van der Waals surface area contributed by atoms with Crippen molar-refractivity contribution in [3.05, 3.63) is 41.0 Å². The molecule has 0 saturated carbocycles. The molecule has 0 atom stereocenters. The molecule has 0 unspecified atom stereocenters. The average molecular weight is 326 g/mol. The van der Waals surface area contributed by atoms with Crippen LogP contribution in [-0.2, 0) is 6.61 Å². The lowest BCUT2D eigenvalue weighted by molar-refractivity contribution is 0.281. The first kappa shape index (κ1) is 16.8. The Hall–Kier alpha value is -2.00. The molecule has 1 heterocycles. The Morgan fingerprint density at radius 1 is 0.917 bits per heavy atom. The van der Waals surface area contributed by atoms with Gasteiger partial charge in [-0.3, -0.25) is 0 Å². The second kappa shape index (κ2) is 7.27. The number of fused-ring (bicyclic) bond motifs is 3. The van der Waals surface area contributed by atoms with Crippen LogP contribution in [0.1, 0.15) is 49.3 Å². The molecule has 128 valence electrons. The number of aliphatic hydroxyl groups is 1. The van der Waals surface area contributed by atoms with E-state index < -0.39 is 0 Å². The molecule has 1 N–H and O–H groups in total. The van der Waals surface area contributed by atoms with Gasteiger partial charge in [-0.1, -0.05) is 38.3 Å². The maximum absolute atomic E-state index is 9.45. The van der Waals surface area contributed by atoms with Crippen molar-refractivity contribution in [1.82, 2.24) is 0 Å². The van der Waals surface area contributed by atoms with E-state index >= 15 is 0 Å². The Bertz CT molecular complexity index is 845. The highest BCUT2D eigenvalue weighted by atomic mass is 16.5. The third kappa shape index (κ3) is 3.01. The molecule has 0 aliphatic rings. The summed E-state index contributed by atoms with van der Waals surface area (Å²) in [6, 6.07) is 8.12. The lowest BCUT2D eigenvalue weighted by Gasteiger charge is -2.09. The van der Waals surface area contributed by atoms with Crippen LogP contribution in [0.5, 0.6) is 5.75 Å². The molecule has 3 rings (SSSR count). The average Bonchev–Trinajstić information content (AvgIpc) is 2.97. The molecule has 0 saturated heterocycles. The summed E-state index contributed by atoms with van der Waals surface area (Å²) >= 11 is 0. The molecule has 24 heavy (non-hydrogen) atoms. The van der Waals surface area contributed by atoms with Gasteiger partial charge in [0.1, 0.15) is 16.9 Å². The fourth-order valence-corrected chi connectivity index (χ4v) is 3.23. The van der Waals surface area contributed by atoms with Crippen molar-refractivity contribution in [2.45, 2.75) is 53.1 Å². The van der Waals surface area contributed by atoms with E-state index in [9.17, 15) is 5.11 Å². The summed E-state index contributed by atoms with van der Waals surface area (Å²) in [5.74, 6) is 0.901. The van der Waals surface area contributed by atoms with Gasteiger partial charge in [-0.25, -0.2) is 0 Å². The molecule has 2 aromatic carbocycles. The number of rotatable bonds is 7. The fraction of sp³-hybridized carbons (Fsp3) is 0.429. The van der Waals surface area contributed by atoms with Crippen molar-refractivity contribution in [1.29, 1.82) is 0 Å². The lowest BCUT2D eigenvalue weighted by Crippen LogP contribution is -1.98. The number of aryl methyl sites for hydroxylation is 2. The van der Waals surface area contributed by atoms with Crippen molar-refractivity contribution in [3.8, 4) is 5.75 Å². The van der Waals surface area contributed by atoms with Gasteiger partial charge in [0.15, 0.2) is 0 Å². The highest BCUT2D eigenvalue weighted by Crippen LogP contribution is 2.37. The van der Waals surface area contributed by atoms with Crippen LogP contribution >= 0.6 is 0 Å². The van der Waals surface area contributed by atoms with Crippen LogP contribution in [0.3, 0.4) is 0 Å². The molecule has 0 aliphatic carbocycles. The van der Waals surface area contributed by atoms with Gasteiger partial charge in [0.25, 0.3) is 0 Å².